The number of pyridine rings is 1. The summed E-state index contributed by atoms with van der Waals surface area (Å²) in [5, 5.41) is 4.55. The Kier molecular flexibility index (Phi) is 8.42. The van der Waals surface area contributed by atoms with Crippen LogP contribution in [-0.2, 0) is 15.0 Å². The molecule has 4 saturated carbocycles. The lowest BCUT2D eigenvalue weighted by Gasteiger charge is -2.55. The number of aromatic nitrogens is 3. The first kappa shape index (κ1) is 30.5. The largest absolute Gasteiger partial charge is 0.496 e. The number of carbonyl (C=O) groups excluding carboxylic acids is 2. The van der Waals surface area contributed by atoms with Crippen molar-refractivity contribution in [3.05, 3.63) is 60.0 Å². The molecule has 1 aromatic carbocycles. The smallest absolute Gasteiger partial charge is 0.231 e. The Morgan fingerprint density at radius 3 is 2.39 bits per heavy atom. The van der Waals surface area contributed by atoms with Crippen LogP contribution >= 0.6 is 0 Å². The lowest BCUT2D eigenvalue weighted by Crippen LogP contribution is -2.52. The molecule has 0 radical (unpaired) electrons. The normalized spacial score (nSPS) is 26.5. The van der Waals surface area contributed by atoms with Crippen LogP contribution in [0.1, 0.15) is 102 Å². The van der Waals surface area contributed by atoms with Crippen LogP contribution in [0.15, 0.2) is 48.9 Å². The topological polar surface area (TPSA) is 77.3 Å². The monoisotopic (exact) mass is 596 g/mol. The maximum atomic E-state index is 14.5. The third-order valence-corrected chi connectivity index (χ3v) is 11.3. The summed E-state index contributed by atoms with van der Waals surface area (Å²) in [7, 11) is 1.74. The van der Waals surface area contributed by atoms with Crippen molar-refractivity contribution >= 4 is 17.5 Å². The second-order valence-electron chi connectivity index (χ2n) is 14.3. The van der Waals surface area contributed by atoms with Crippen molar-refractivity contribution in [2.75, 3.05) is 18.6 Å². The molecular formula is C37H48N4O3. The molecule has 0 aliphatic heterocycles. The molecule has 234 valence electrons. The minimum atomic E-state index is -0.142. The van der Waals surface area contributed by atoms with Gasteiger partial charge in [-0.1, -0.05) is 18.6 Å². The van der Waals surface area contributed by atoms with Crippen LogP contribution in [0.2, 0.25) is 0 Å². The maximum Gasteiger partial charge on any atom is 0.231 e. The van der Waals surface area contributed by atoms with Gasteiger partial charge in [-0.3, -0.25) is 19.2 Å². The summed E-state index contributed by atoms with van der Waals surface area (Å²) in [5.74, 6) is 1.85. The second-order valence-corrected chi connectivity index (χ2v) is 14.3. The number of ketones is 1. The predicted octanol–water partition coefficient (Wildman–Crippen LogP) is 7.86. The molecule has 7 rings (SSSR count). The quantitative estimate of drug-likeness (QED) is 0.251. The fourth-order valence-electron chi connectivity index (χ4n) is 8.27. The Balaban J connectivity index is 1.28. The summed E-state index contributed by atoms with van der Waals surface area (Å²) in [6, 6.07) is 11.1. The van der Waals surface area contributed by atoms with Crippen molar-refractivity contribution in [2.24, 2.45) is 17.3 Å². The van der Waals surface area contributed by atoms with E-state index in [1.54, 1.807) is 14.0 Å². The molecule has 7 heteroatoms. The minimum Gasteiger partial charge on any atom is -0.496 e. The van der Waals surface area contributed by atoms with Gasteiger partial charge in [0.2, 0.25) is 5.91 Å². The van der Waals surface area contributed by atoms with E-state index < -0.39 is 0 Å². The number of carbonyl (C=O) groups is 2. The van der Waals surface area contributed by atoms with E-state index in [2.05, 4.69) is 56.3 Å². The zero-order valence-corrected chi connectivity index (χ0v) is 27.1. The molecule has 2 heterocycles. The number of Topliss-reactive ketones (excluding diaryl/α,β-unsaturated/α-hetero) is 1. The molecule has 0 N–H and O–H groups in total. The molecule has 2 aromatic heterocycles. The Hall–Kier alpha value is -3.48. The summed E-state index contributed by atoms with van der Waals surface area (Å²) in [6.07, 6.45) is 15.8. The van der Waals surface area contributed by atoms with Crippen molar-refractivity contribution in [1.82, 2.24) is 14.8 Å². The van der Waals surface area contributed by atoms with Crippen molar-refractivity contribution in [3.8, 4) is 16.9 Å². The van der Waals surface area contributed by atoms with Gasteiger partial charge in [-0.05, 0) is 131 Å². The van der Waals surface area contributed by atoms with Gasteiger partial charge in [0, 0.05) is 42.4 Å². The summed E-state index contributed by atoms with van der Waals surface area (Å²) in [5.41, 5.74) is 4.96. The molecule has 4 aliphatic rings. The molecule has 3 aromatic rings. The molecule has 4 fully saturated rings. The van der Waals surface area contributed by atoms with Crippen molar-refractivity contribution in [3.63, 3.8) is 0 Å². The molecule has 0 saturated heterocycles. The van der Waals surface area contributed by atoms with Crippen LogP contribution in [0.3, 0.4) is 0 Å². The van der Waals surface area contributed by atoms with Crippen molar-refractivity contribution < 1.29 is 14.3 Å². The van der Waals surface area contributed by atoms with Crippen LogP contribution < -0.4 is 9.64 Å². The highest BCUT2D eigenvalue weighted by molar-refractivity contribution is 5.95. The number of nitrogens with zero attached hydrogens (tertiary/aromatic N) is 4. The second kappa shape index (κ2) is 12.1. The van der Waals surface area contributed by atoms with Gasteiger partial charge in [0.05, 0.1) is 13.3 Å². The standard InChI is InChI=1S/C37H48N4O3/c1-25(2)41-23-31(22-39-41)29-11-18-38-34(21-29)40(35(43)30-8-6-7-28(20-30)27(4)42)24-36-12-15-37(16-13-36,17-14-36)32-9-10-33(44-5)26(3)19-32/h9-11,18-19,21-23,25,28,30H,6-8,12-17,20,24H2,1-5H3/t28-,30-,36?,37?/m1/s1. The average Bonchev–Trinajstić information content (AvgIpc) is 3.56. The lowest BCUT2D eigenvalue weighted by molar-refractivity contribution is -0.127. The fraction of sp³-hybridized carbons (Fsp3) is 0.568. The van der Waals surface area contributed by atoms with E-state index >= 15 is 0 Å². The molecule has 0 unspecified atom stereocenters. The van der Waals surface area contributed by atoms with E-state index in [0.29, 0.717) is 13.0 Å². The first-order chi connectivity index (χ1) is 21.1. The highest BCUT2D eigenvalue weighted by Gasteiger charge is 2.51. The van der Waals surface area contributed by atoms with Crippen LogP contribution in [-0.4, -0.2) is 40.1 Å². The molecule has 44 heavy (non-hydrogen) atoms. The van der Waals surface area contributed by atoms with Gasteiger partial charge >= 0.3 is 0 Å². The van der Waals surface area contributed by atoms with E-state index in [-0.39, 0.29) is 40.4 Å². The predicted molar refractivity (Wildman–Crippen MR) is 174 cm³/mol. The summed E-state index contributed by atoms with van der Waals surface area (Å²) < 4.78 is 7.50. The van der Waals surface area contributed by atoms with Gasteiger partial charge < -0.3 is 4.74 Å². The minimum absolute atomic E-state index is 0.0168. The lowest BCUT2D eigenvalue weighted by atomic mass is 9.51. The number of benzene rings is 1. The average molecular weight is 597 g/mol. The number of hydrogen-bond donors (Lipinski definition) is 0. The third-order valence-electron chi connectivity index (χ3n) is 11.3. The van der Waals surface area contributed by atoms with Crippen LogP contribution in [0, 0.1) is 24.2 Å². The zero-order chi connectivity index (χ0) is 31.1. The number of methoxy groups -OCH3 is 1. The zero-order valence-electron chi connectivity index (χ0n) is 27.1. The van der Waals surface area contributed by atoms with E-state index in [1.807, 2.05) is 28.0 Å². The number of aryl methyl sites for hydroxylation is 1. The van der Waals surface area contributed by atoms with E-state index in [9.17, 15) is 9.59 Å². The molecule has 1 amide bonds. The molecule has 0 spiro atoms. The van der Waals surface area contributed by atoms with Gasteiger partial charge in [0.15, 0.2) is 0 Å². The van der Waals surface area contributed by atoms with Gasteiger partial charge in [0.25, 0.3) is 0 Å². The van der Waals surface area contributed by atoms with Crippen LogP contribution in [0.25, 0.3) is 11.1 Å². The van der Waals surface area contributed by atoms with Gasteiger partial charge in [-0.15, -0.1) is 0 Å². The first-order valence-electron chi connectivity index (χ1n) is 16.6. The molecule has 7 nitrogen and oxygen atoms in total. The van der Waals surface area contributed by atoms with Crippen molar-refractivity contribution in [1.29, 1.82) is 0 Å². The summed E-state index contributed by atoms with van der Waals surface area (Å²) in [4.78, 5) is 33.6. The number of amides is 1. The Morgan fingerprint density at radius 2 is 1.75 bits per heavy atom. The number of anilines is 1. The third kappa shape index (κ3) is 5.82. The summed E-state index contributed by atoms with van der Waals surface area (Å²) in [6.45, 7) is 8.73. The fourth-order valence-corrected chi connectivity index (χ4v) is 8.27. The first-order valence-corrected chi connectivity index (χ1v) is 16.6. The molecule has 4 aliphatic carbocycles. The molecular weight excluding hydrogens is 548 g/mol. The van der Waals surface area contributed by atoms with Crippen LogP contribution in [0.4, 0.5) is 5.82 Å². The Labute approximate surface area is 262 Å². The maximum absolute atomic E-state index is 14.5. The number of fused-ring (bicyclic) bond motifs is 3. The van der Waals surface area contributed by atoms with Crippen LogP contribution in [0.5, 0.6) is 5.75 Å². The Morgan fingerprint density at radius 1 is 1.02 bits per heavy atom. The number of rotatable bonds is 9. The van der Waals surface area contributed by atoms with Gasteiger partial charge in [-0.25, -0.2) is 4.98 Å². The van der Waals surface area contributed by atoms with E-state index in [4.69, 9.17) is 9.72 Å². The van der Waals surface area contributed by atoms with Crippen molar-refractivity contribution in [2.45, 2.75) is 103 Å². The SMILES string of the molecule is COc1ccc(C23CCC(CN(C(=O)[C@@H]4CCC[C@@H](C(C)=O)C4)c4cc(-c5cnn(C(C)C)c5)ccn4)(CC2)CC3)cc1C. The summed E-state index contributed by atoms with van der Waals surface area (Å²) >= 11 is 0. The van der Waals surface area contributed by atoms with Gasteiger partial charge in [-0.2, -0.15) is 5.10 Å². The highest BCUT2D eigenvalue weighted by atomic mass is 16.5. The Bertz CT molecular complexity index is 1500. The number of ether oxygens (including phenoxy) is 1. The van der Waals surface area contributed by atoms with E-state index in [0.717, 1.165) is 80.5 Å². The molecule has 2 bridgehead atoms. The number of hydrogen-bond acceptors (Lipinski definition) is 5. The molecule has 2 atom stereocenters. The van der Waals surface area contributed by atoms with E-state index in [1.165, 1.54) is 11.1 Å². The highest BCUT2D eigenvalue weighted by Crippen LogP contribution is 2.58. The van der Waals surface area contributed by atoms with Gasteiger partial charge in [0.1, 0.15) is 17.4 Å².